The van der Waals surface area contributed by atoms with Crippen molar-refractivity contribution in [2.45, 2.75) is 6.42 Å². The molecule has 4 aromatic rings. The van der Waals surface area contributed by atoms with Gasteiger partial charge in [-0.25, -0.2) is 0 Å². The summed E-state index contributed by atoms with van der Waals surface area (Å²) < 4.78 is 118. The molecule has 18 heteroatoms. The van der Waals surface area contributed by atoms with E-state index in [-0.39, 0.29) is 36.3 Å². The normalized spacial score (nSPS) is 20.6. The average molecular weight is 1040 g/mol. The van der Waals surface area contributed by atoms with Crippen LogP contribution in [0.15, 0.2) is 146 Å². The second-order valence-electron chi connectivity index (χ2n) is 12.5. The number of hydrogen-bond donors (Lipinski definition) is 0. The first-order valence-corrected chi connectivity index (χ1v) is 23.7. The molecule has 4 aromatic carbocycles. The maximum Gasteiger partial charge on any atom is 2.00 e. The van der Waals surface area contributed by atoms with Crippen LogP contribution in [0.5, 0.6) is 0 Å². The Bertz CT molecular complexity index is 1620. The van der Waals surface area contributed by atoms with E-state index in [9.17, 15) is 50.4 Å². The Morgan fingerprint density at radius 2 is 0.542 bits per heavy atom. The van der Waals surface area contributed by atoms with Gasteiger partial charge in [-0.3, -0.25) is 0 Å². The maximum absolute atomic E-state index is 10.7. The predicted octanol–water partition coefficient (Wildman–Crippen LogP) is 15.5. The van der Waals surface area contributed by atoms with Crippen molar-refractivity contribution in [1.29, 1.82) is 0 Å². The summed E-state index contributed by atoms with van der Waals surface area (Å²) in [5.74, 6) is 1.62. The van der Waals surface area contributed by atoms with Crippen molar-refractivity contribution in [3.05, 3.63) is 208 Å². The Kier molecular flexibility index (Phi) is 18.8. The van der Waals surface area contributed by atoms with Gasteiger partial charge in [-0.2, -0.15) is 0 Å². The van der Waals surface area contributed by atoms with Crippen LogP contribution in [-0.2, 0) is 36.3 Å². The monoisotopic (exact) mass is 1040 g/mol. The topological polar surface area (TPSA) is 0 Å². The molecular formula is C41H36CoF12P4Rh+2. The maximum atomic E-state index is 9.87. The smallest absolute Gasteiger partial charge is 0.0622 e. The Balaban J connectivity index is 0.000000272. The molecule has 0 aliphatic heterocycles. The Morgan fingerprint density at radius 3 is 0.695 bits per heavy atom. The first kappa shape index (κ1) is 53.5. The van der Waals surface area contributed by atoms with E-state index in [4.69, 9.17) is 0 Å². The summed E-state index contributed by atoms with van der Waals surface area (Å²) >= 11 is 0. The zero-order valence-electron chi connectivity index (χ0n) is 30.3. The first-order chi connectivity index (χ1) is 26.2. The van der Waals surface area contributed by atoms with Crippen molar-refractivity contribution < 1.29 is 86.6 Å². The third-order valence-electron chi connectivity index (χ3n) is 7.62. The molecule has 0 N–H and O–H groups in total. The second kappa shape index (κ2) is 20.7. The van der Waals surface area contributed by atoms with Crippen LogP contribution in [0.3, 0.4) is 0 Å². The van der Waals surface area contributed by atoms with Crippen molar-refractivity contribution in [1.82, 2.24) is 0 Å². The van der Waals surface area contributed by atoms with E-state index in [0.717, 1.165) is 11.8 Å². The van der Waals surface area contributed by atoms with Gasteiger partial charge in [-0.1, -0.05) is 146 Å². The van der Waals surface area contributed by atoms with E-state index >= 15 is 0 Å². The molecule has 2 bridgehead atoms. The molecule has 8 rings (SSSR count). The minimum Gasteiger partial charge on any atom is -0.0622 e. The van der Waals surface area contributed by atoms with Crippen molar-refractivity contribution in [2.75, 3.05) is 0 Å². The van der Waals surface area contributed by atoms with E-state index in [1.807, 2.05) is 0 Å². The standard InChI is InChI=1S/2C17H14P.C7H8.Co.2F6P.Rh/c2*1-3-9-15(10-4-1)18(17-13-7-8-14-17)16-11-5-2-6-12-16;1-2-7-4-3-6(1)5-7;;2*1-7(2,3,4,5)6;/h2*1-14H;1-4,6-7H,5H2;;;;/q;;;+2;2*-1;+2. The molecule has 0 spiro atoms. The van der Waals surface area contributed by atoms with Gasteiger partial charge in [0.2, 0.25) is 0 Å². The minimum atomic E-state index is -10.7. The van der Waals surface area contributed by atoms with Crippen LogP contribution in [0, 0.1) is 74.5 Å². The third kappa shape index (κ3) is 24.6. The summed E-state index contributed by atoms with van der Waals surface area (Å²) in [6.07, 6.45) is 27.9. The number of hydrogen-bond acceptors (Lipinski definition) is 0. The molecule has 0 aromatic heterocycles. The molecule has 2 fully saturated rings. The van der Waals surface area contributed by atoms with E-state index in [2.05, 4.69) is 197 Å². The molecule has 0 heterocycles. The van der Waals surface area contributed by atoms with Crippen molar-refractivity contribution >= 4 is 52.7 Å². The second-order valence-corrected chi connectivity index (χ2v) is 20.8. The zero-order chi connectivity index (χ0) is 41.9. The number of allylic oxidation sites excluding steroid dienone is 4. The van der Waals surface area contributed by atoms with Gasteiger partial charge in [0, 0.05) is 11.3 Å². The van der Waals surface area contributed by atoms with Crippen molar-refractivity contribution in [3.8, 4) is 0 Å². The van der Waals surface area contributed by atoms with E-state index < -0.39 is 31.5 Å². The number of halogens is 12. The van der Waals surface area contributed by atoms with Crippen LogP contribution in [-0.4, -0.2) is 0 Å². The summed E-state index contributed by atoms with van der Waals surface area (Å²) in [7, 11) is -22.1. The molecule has 0 unspecified atom stereocenters. The molecular weight excluding hydrogens is 1010 g/mol. The Morgan fingerprint density at radius 1 is 0.356 bits per heavy atom. The Labute approximate surface area is 364 Å². The average Bonchev–Trinajstić information content (AvgIpc) is 3.97. The number of rotatable bonds is 6. The largest absolute Gasteiger partial charge is 2.00 e. The molecule has 0 saturated heterocycles. The summed E-state index contributed by atoms with van der Waals surface area (Å²) in [5, 5.41) is 5.63. The number of benzene rings is 4. The quantitative estimate of drug-likeness (QED) is 0.0781. The Hall–Kier alpha value is -1.63. The van der Waals surface area contributed by atoms with Crippen LogP contribution < -0.4 is 21.2 Å². The van der Waals surface area contributed by atoms with Crippen LogP contribution in [0.4, 0.5) is 50.4 Å². The van der Waals surface area contributed by atoms with E-state index in [1.165, 1.54) is 39.0 Å². The molecule has 0 amide bonds. The van der Waals surface area contributed by atoms with E-state index in [0.29, 0.717) is 0 Å². The molecule has 0 nitrogen and oxygen atoms in total. The summed E-state index contributed by atoms with van der Waals surface area (Å²) in [4.78, 5) is 0. The molecule has 4 aliphatic rings. The van der Waals surface area contributed by atoms with Crippen LogP contribution in [0.25, 0.3) is 0 Å². The van der Waals surface area contributed by atoms with Gasteiger partial charge in [0.05, 0.1) is 0 Å². The molecule has 59 heavy (non-hydrogen) atoms. The van der Waals surface area contributed by atoms with Gasteiger partial charge >= 0.3 is 102 Å². The predicted molar refractivity (Wildman–Crippen MR) is 216 cm³/mol. The molecule has 320 valence electrons. The van der Waals surface area contributed by atoms with Gasteiger partial charge in [-0.05, 0) is 107 Å². The van der Waals surface area contributed by atoms with Gasteiger partial charge < -0.3 is 0 Å². The van der Waals surface area contributed by atoms with Crippen LogP contribution in [0.2, 0.25) is 0 Å². The van der Waals surface area contributed by atoms with Crippen molar-refractivity contribution in [2.24, 2.45) is 11.8 Å². The van der Waals surface area contributed by atoms with Gasteiger partial charge in [-0.15, -0.1) is 0 Å². The SMILES string of the molecule is C1=CC2C=CC1C2.F[P-](F)(F)(F)(F)F.F[P-](F)(F)(F)(F)F.[CH]1[CH][CH][C](P(c2ccccc2)c2ccccc2)[CH]1.[CH]1[CH][CH][C](P(c2ccccc2)c2ccccc2)[CH]1.[Co+2].[Rh+2]. The van der Waals surface area contributed by atoms with Gasteiger partial charge in [0.15, 0.2) is 0 Å². The summed E-state index contributed by atoms with van der Waals surface area (Å²) in [6.45, 7) is 0. The van der Waals surface area contributed by atoms with Crippen molar-refractivity contribution in [3.63, 3.8) is 0 Å². The fourth-order valence-corrected chi connectivity index (χ4v) is 10.2. The molecule has 2 saturated carbocycles. The molecule has 4 aliphatic carbocycles. The zero-order valence-corrected chi connectivity index (χ0v) is 36.6. The minimum absolute atomic E-state index is 0. The fraction of sp³-hybridized carbons (Fsp3) is 0.0732. The molecule has 12 radical (unpaired) electrons. The summed E-state index contributed by atoms with van der Waals surface area (Å²) in [6, 6.07) is 43.1. The molecule has 0 atom stereocenters. The summed E-state index contributed by atoms with van der Waals surface area (Å²) in [5.41, 5.74) is 2.84. The van der Waals surface area contributed by atoms with Crippen LogP contribution >= 0.6 is 31.5 Å². The van der Waals surface area contributed by atoms with Crippen LogP contribution in [0.1, 0.15) is 6.42 Å². The fourth-order valence-electron chi connectivity index (χ4n) is 5.56. The van der Waals surface area contributed by atoms with Gasteiger partial charge in [0.1, 0.15) is 0 Å². The van der Waals surface area contributed by atoms with Gasteiger partial charge in [0.25, 0.3) is 0 Å². The number of fused-ring (bicyclic) bond motifs is 2. The third-order valence-corrected chi connectivity index (χ3v) is 12.5. The first-order valence-electron chi connectivity index (χ1n) is 17.0. The van der Waals surface area contributed by atoms with E-state index in [1.54, 1.807) is 0 Å².